The van der Waals surface area contributed by atoms with Crippen molar-refractivity contribution in [3.05, 3.63) is 35.8 Å². The number of thiazole rings is 1. The number of hydrogen-bond donors (Lipinski definition) is 1. The number of aromatic nitrogens is 1. The Morgan fingerprint density at radius 1 is 1.29 bits per heavy atom. The van der Waals surface area contributed by atoms with Crippen molar-refractivity contribution in [3.63, 3.8) is 0 Å². The summed E-state index contributed by atoms with van der Waals surface area (Å²) >= 11 is 2.67. The molecule has 1 unspecified atom stereocenters. The van der Waals surface area contributed by atoms with Crippen LogP contribution in [0.1, 0.15) is 0 Å². The highest BCUT2D eigenvalue weighted by atomic mass is 32.2. The summed E-state index contributed by atoms with van der Waals surface area (Å²) < 4.78 is 28.3. The SMILES string of the molecule is O=S(=O)(Nc1nccs1)N1N=CN2c3ccccc3SC21. The predicted octanol–water partition coefficient (Wildman–Crippen LogP) is 1.95. The van der Waals surface area contributed by atoms with Crippen LogP contribution in [-0.4, -0.2) is 29.7 Å². The summed E-state index contributed by atoms with van der Waals surface area (Å²) in [7, 11) is -3.78. The third kappa shape index (κ3) is 2.06. The number of fused-ring (bicyclic) bond motifs is 3. The number of hydrazone groups is 1. The van der Waals surface area contributed by atoms with Gasteiger partial charge in [-0.15, -0.1) is 20.9 Å². The molecular weight excluding hydrogens is 330 g/mol. The van der Waals surface area contributed by atoms with Gasteiger partial charge < -0.3 is 0 Å². The maximum Gasteiger partial charge on any atom is 0.343 e. The fourth-order valence-corrected chi connectivity index (χ4v) is 5.43. The van der Waals surface area contributed by atoms with E-state index in [2.05, 4.69) is 14.8 Å². The van der Waals surface area contributed by atoms with E-state index in [1.165, 1.54) is 29.4 Å². The minimum atomic E-state index is -3.78. The second kappa shape index (κ2) is 4.61. The van der Waals surface area contributed by atoms with Crippen LogP contribution in [0.25, 0.3) is 0 Å². The first-order chi connectivity index (χ1) is 10.1. The van der Waals surface area contributed by atoms with Gasteiger partial charge in [0.25, 0.3) is 0 Å². The Morgan fingerprint density at radius 3 is 2.95 bits per heavy atom. The molecule has 1 atom stereocenters. The number of para-hydroxylation sites is 1. The van der Waals surface area contributed by atoms with Crippen LogP contribution in [-0.2, 0) is 10.2 Å². The zero-order chi connectivity index (χ0) is 14.4. The third-order valence-corrected chi connectivity index (χ3v) is 6.41. The van der Waals surface area contributed by atoms with Crippen LogP contribution < -0.4 is 9.62 Å². The first kappa shape index (κ1) is 12.9. The Labute approximate surface area is 129 Å². The van der Waals surface area contributed by atoms with E-state index in [-0.39, 0.29) is 0 Å². The Balaban J connectivity index is 1.63. The fraction of sp³-hybridized carbons (Fsp3) is 0.0909. The van der Waals surface area contributed by atoms with Gasteiger partial charge >= 0.3 is 10.2 Å². The number of rotatable bonds is 3. The summed E-state index contributed by atoms with van der Waals surface area (Å²) in [5.74, 6) is 0. The van der Waals surface area contributed by atoms with Gasteiger partial charge in [-0.25, -0.2) is 9.71 Å². The molecule has 3 heterocycles. The van der Waals surface area contributed by atoms with Crippen molar-refractivity contribution in [2.75, 3.05) is 9.62 Å². The van der Waals surface area contributed by atoms with Gasteiger partial charge in [0.15, 0.2) is 10.6 Å². The van der Waals surface area contributed by atoms with Crippen molar-refractivity contribution in [1.29, 1.82) is 0 Å². The molecule has 0 fully saturated rings. The molecule has 0 aliphatic carbocycles. The highest BCUT2D eigenvalue weighted by Crippen LogP contribution is 2.46. The number of hydrogen-bond acceptors (Lipinski definition) is 7. The molecule has 2 aliphatic rings. The molecule has 2 aromatic rings. The number of benzene rings is 1. The van der Waals surface area contributed by atoms with Gasteiger partial charge in [-0.2, -0.15) is 8.42 Å². The van der Waals surface area contributed by atoms with E-state index < -0.39 is 15.7 Å². The second-order valence-electron chi connectivity index (χ2n) is 4.27. The summed E-state index contributed by atoms with van der Waals surface area (Å²) in [6.45, 7) is 0. The molecule has 1 N–H and O–H groups in total. The Kier molecular flexibility index (Phi) is 2.84. The molecule has 0 amide bonds. The average Bonchev–Trinajstić information content (AvgIpc) is 3.13. The second-order valence-corrected chi connectivity index (χ2v) is 7.79. The number of nitrogens with one attached hydrogen (secondary N) is 1. The van der Waals surface area contributed by atoms with Crippen LogP contribution in [0.5, 0.6) is 0 Å². The van der Waals surface area contributed by atoms with Gasteiger partial charge in [-0.1, -0.05) is 23.9 Å². The lowest BCUT2D eigenvalue weighted by Gasteiger charge is -2.22. The molecule has 1 aromatic carbocycles. The van der Waals surface area contributed by atoms with Gasteiger partial charge in [-0.3, -0.25) is 4.90 Å². The highest BCUT2D eigenvalue weighted by molar-refractivity contribution is 8.01. The summed E-state index contributed by atoms with van der Waals surface area (Å²) in [4.78, 5) is 6.79. The van der Waals surface area contributed by atoms with Gasteiger partial charge in [0.2, 0.25) is 0 Å². The zero-order valence-electron chi connectivity index (χ0n) is 10.4. The minimum absolute atomic E-state index is 0.323. The van der Waals surface area contributed by atoms with Gasteiger partial charge in [-0.05, 0) is 12.1 Å². The fourth-order valence-electron chi connectivity index (χ4n) is 2.11. The molecular formula is C11H9N5O2S3. The van der Waals surface area contributed by atoms with Crippen molar-refractivity contribution in [2.45, 2.75) is 10.4 Å². The van der Waals surface area contributed by atoms with Gasteiger partial charge in [0.05, 0.1) is 5.69 Å². The largest absolute Gasteiger partial charge is 0.343 e. The topological polar surface area (TPSA) is 77.9 Å². The molecule has 4 rings (SSSR count). The molecule has 7 nitrogen and oxygen atoms in total. The third-order valence-electron chi connectivity index (χ3n) is 2.99. The summed E-state index contributed by atoms with van der Waals surface area (Å²) in [5.41, 5.74) is 0.531. The van der Waals surface area contributed by atoms with Crippen molar-refractivity contribution in [1.82, 2.24) is 9.40 Å². The van der Waals surface area contributed by atoms with Crippen LogP contribution in [0.4, 0.5) is 10.8 Å². The van der Waals surface area contributed by atoms with Crippen molar-refractivity contribution in [3.8, 4) is 0 Å². The van der Waals surface area contributed by atoms with E-state index in [1.807, 2.05) is 29.2 Å². The predicted molar refractivity (Wildman–Crippen MR) is 83.6 cm³/mol. The minimum Gasteiger partial charge on any atom is -0.297 e. The first-order valence-corrected chi connectivity index (χ1v) is 9.15. The molecule has 2 aliphatic heterocycles. The quantitative estimate of drug-likeness (QED) is 0.925. The molecule has 1 aromatic heterocycles. The molecule has 10 heteroatoms. The highest BCUT2D eigenvalue weighted by Gasteiger charge is 2.43. The van der Waals surface area contributed by atoms with Crippen molar-refractivity contribution in [2.24, 2.45) is 5.10 Å². The van der Waals surface area contributed by atoms with Gasteiger partial charge in [0.1, 0.15) is 6.34 Å². The smallest absolute Gasteiger partial charge is 0.297 e. The van der Waals surface area contributed by atoms with E-state index in [9.17, 15) is 8.42 Å². The maximum atomic E-state index is 12.4. The molecule has 0 radical (unpaired) electrons. The number of anilines is 2. The number of nitrogens with zero attached hydrogens (tertiary/aromatic N) is 4. The van der Waals surface area contributed by atoms with Gasteiger partial charge in [0, 0.05) is 16.5 Å². The average molecular weight is 339 g/mol. The summed E-state index contributed by atoms with van der Waals surface area (Å²) in [6.07, 6.45) is 3.08. The molecule has 0 spiro atoms. The van der Waals surface area contributed by atoms with Crippen LogP contribution in [0.3, 0.4) is 0 Å². The van der Waals surface area contributed by atoms with E-state index in [0.717, 1.165) is 15.0 Å². The van der Waals surface area contributed by atoms with Crippen LogP contribution >= 0.6 is 23.1 Å². The maximum absolute atomic E-state index is 12.4. The van der Waals surface area contributed by atoms with Crippen LogP contribution in [0.15, 0.2) is 45.8 Å². The van der Waals surface area contributed by atoms with E-state index in [1.54, 1.807) is 11.6 Å². The van der Waals surface area contributed by atoms with E-state index in [4.69, 9.17) is 0 Å². The lowest BCUT2D eigenvalue weighted by atomic mass is 10.3. The number of thioether (sulfide) groups is 1. The molecule has 108 valence electrons. The first-order valence-electron chi connectivity index (χ1n) is 5.95. The van der Waals surface area contributed by atoms with Crippen molar-refractivity contribution >= 4 is 50.5 Å². The lowest BCUT2D eigenvalue weighted by Crippen LogP contribution is -2.40. The Morgan fingerprint density at radius 2 is 2.14 bits per heavy atom. The zero-order valence-corrected chi connectivity index (χ0v) is 12.9. The monoisotopic (exact) mass is 339 g/mol. The lowest BCUT2D eigenvalue weighted by molar-refractivity contribution is 0.446. The normalized spacial score (nSPS) is 19.7. The molecule has 0 bridgehead atoms. The summed E-state index contributed by atoms with van der Waals surface area (Å²) in [6, 6.07) is 7.75. The van der Waals surface area contributed by atoms with E-state index >= 15 is 0 Å². The molecule has 21 heavy (non-hydrogen) atoms. The van der Waals surface area contributed by atoms with Crippen molar-refractivity contribution < 1.29 is 8.42 Å². The standard InChI is InChI=1S/C11H9N5O2S3/c17-21(18,14-10-12-5-6-19-10)16-11-15(7-13-16)8-3-1-2-4-9(8)20-11/h1-7,11H,(H,12,14). The van der Waals surface area contributed by atoms with E-state index in [0.29, 0.717) is 5.13 Å². The van der Waals surface area contributed by atoms with Crippen LogP contribution in [0, 0.1) is 0 Å². The summed E-state index contributed by atoms with van der Waals surface area (Å²) in [5, 5.41) is 6.04. The van der Waals surface area contributed by atoms with Crippen LogP contribution in [0.2, 0.25) is 0 Å². The Hall–Kier alpha value is -1.78. The molecule has 0 saturated carbocycles. The molecule has 0 saturated heterocycles. The Bertz CT molecular complexity index is 805.